The Labute approximate surface area is 102 Å². The van der Waals surface area contributed by atoms with E-state index in [4.69, 9.17) is 0 Å². The van der Waals surface area contributed by atoms with Gasteiger partial charge in [0.05, 0.1) is 0 Å². The molecular weight excluding hydrogens is 194 g/mol. The number of hydrogen-bond donors (Lipinski definition) is 1. The van der Waals surface area contributed by atoms with Crippen molar-refractivity contribution in [2.24, 2.45) is 11.8 Å². The predicted octanol–water partition coefficient (Wildman–Crippen LogP) is 4.37. The monoisotopic (exact) mass is 225 g/mol. The fraction of sp³-hybridized carbons (Fsp3) is 1.00. The normalized spacial score (nSPS) is 21.2. The molecule has 0 aromatic rings. The predicted molar refractivity (Wildman–Crippen MR) is 72.7 cm³/mol. The molecule has 1 saturated carbocycles. The summed E-state index contributed by atoms with van der Waals surface area (Å²) >= 11 is 0. The van der Waals surface area contributed by atoms with Crippen molar-refractivity contribution in [1.29, 1.82) is 0 Å². The van der Waals surface area contributed by atoms with Gasteiger partial charge in [-0.15, -0.1) is 0 Å². The molecule has 1 rings (SSSR count). The van der Waals surface area contributed by atoms with Crippen LogP contribution in [0, 0.1) is 11.8 Å². The van der Waals surface area contributed by atoms with E-state index >= 15 is 0 Å². The van der Waals surface area contributed by atoms with Crippen molar-refractivity contribution in [1.82, 2.24) is 5.32 Å². The van der Waals surface area contributed by atoms with E-state index in [9.17, 15) is 0 Å². The summed E-state index contributed by atoms with van der Waals surface area (Å²) in [6.45, 7) is 8.11. The molecule has 2 atom stereocenters. The molecule has 0 bridgehead atoms. The summed E-state index contributed by atoms with van der Waals surface area (Å²) < 4.78 is 0. The summed E-state index contributed by atoms with van der Waals surface area (Å²) in [7, 11) is 0. The standard InChI is InChI=1S/C15H31N/c1-4-8-13(3)11-12-15(16-5-2)14-9-6-7-10-14/h13-16H,4-12H2,1-3H3. The molecule has 0 aromatic carbocycles. The molecule has 0 spiro atoms. The summed E-state index contributed by atoms with van der Waals surface area (Å²) in [6.07, 6.45) is 11.5. The van der Waals surface area contributed by atoms with E-state index in [0.717, 1.165) is 24.4 Å². The molecule has 96 valence electrons. The smallest absolute Gasteiger partial charge is 0.00953 e. The SMILES string of the molecule is CCCC(C)CCC(NCC)C1CCCC1. The molecule has 0 radical (unpaired) electrons. The van der Waals surface area contributed by atoms with Gasteiger partial charge < -0.3 is 5.32 Å². The minimum Gasteiger partial charge on any atom is -0.314 e. The van der Waals surface area contributed by atoms with Crippen LogP contribution >= 0.6 is 0 Å². The van der Waals surface area contributed by atoms with Gasteiger partial charge in [0.1, 0.15) is 0 Å². The average Bonchev–Trinajstić information content (AvgIpc) is 2.78. The quantitative estimate of drug-likeness (QED) is 0.647. The van der Waals surface area contributed by atoms with Gasteiger partial charge in [0.15, 0.2) is 0 Å². The maximum atomic E-state index is 3.72. The van der Waals surface area contributed by atoms with Gasteiger partial charge in [-0.05, 0) is 44.1 Å². The second-order valence-corrected chi connectivity index (χ2v) is 5.68. The lowest BCUT2D eigenvalue weighted by molar-refractivity contribution is 0.316. The summed E-state index contributed by atoms with van der Waals surface area (Å²) in [6, 6.07) is 0.812. The molecule has 16 heavy (non-hydrogen) atoms. The van der Waals surface area contributed by atoms with Crippen molar-refractivity contribution < 1.29 is 0 Å². The zero-order chi connectivity index (χ0) is 11.8. The van der Waals surface area contributed by atoms with Crippen LogP contribution in [-0.2, 0) is 0 Å². The first-order valence-electron chi connectivity index (χ1n) is 7.51. The molecule has 0 aliphatic heterocycles. The molecule has 1 N–H and O–H groups in total. The van der Waals surface area contributed by atoms with E-state index in [1.165, 1.54) is 51.4 Å². The summed E-state index contributed by atoms with van der Waals surface area (Å²) in [5, 5.41) is 3.72. The van der Waals surface area contributed by atoms with Crippen LogP contribution < -0.4 is 5.32 Å². The van der Waals surface area contributed by atoms with Gasteiger partial charge in [-0.3, -0.25) is 0 Å². The highest BCUT2D eigenvalue weighted by molar-refractivity contribution is 4.80. The van der Waals surface area contributed by atoms with E-state index in [1.54, 1.807) is 0 Å². The highest BCUT2D eigenvalue weighted by Crippen LogP contribution is 2.30. The van der Waals surface area contributed by atoms with Gasteiger partial charge in [-0.1, -0.05) is 46.5 Å². The molecule has 1 aliphatic rings. The van der Waals surface area contributed by atoms with Crippen molar-refractivity contribution in [3.05, 3.63) is 0 Å². The van der Waals surface area contributed by atoms with E-state index < -0.39 is 0 Å². The first-order chi connectivity index (χ1) is 7.77. The Kier molecular flexibility index (Phi) is 7.11. The lowest BCUT2D eigenvalue weighted by Crippen LogP contribution is -2.35. The lowest BCUT2D eigenvalue weighted by atomic mass is 9.90. The van der Waals surface area contributed by atoms with Gasteiger partial charge in [-0.2, -0.15) is 0 Å². The van der Waals surface area contributed by atoms with Crippen LogP contribution in [0.1, 0.15) is 72.1 Å². The highest BCUT2D eigenvalue weighted by atomic mass is 14.9. The summed E-state index contributed by atoms with van der Waals surface area (Å²) in [5.41, 5.74) is 0. The number of hydrogen-bond acceptors (Lipinski definition) is 1. The minimum atomic E-state index is 0.812. The van der Waals surface area contributed by atoms with Crippen molar-refractivity contribution in [3.8, 4) is 0 Å². The van der Waals surface area contributed by atoms with Crippen LogP contribution in [0.4, 0.5) is 0 Å². The number of rotatable bonds is 8. The molecule has 0 saturated heterocycles. The van der Waals surface area contributed by atoms with Crippen LogP contribution in [0.2, 0.25) is 0 Å². The third-order valence-corrected chi connectivity index (χ3v) is 4.19. The number of nitrogens with one attached hydrogen (secondary N) is 1. The van der Waals surface area contributed by atoms with E-state index in [0.29, 0.717) is 0 Å². The van der Waals surface area contributed by atoms with Gasteiger partial charge in [0.25, 0.3) is 0 Å². The van der Waals surface area contributed by atoms with E-state index in [-0.39, 0.29) is 0 Å². The zero-order valence-electron chi connectivity index (χ0n) is 11.6. The van der Waals surface area contributed by atoms with Crippen LogP contribution in [0.3, 0.4) is 0 Å². The van der Waals surface area contributed by atoms with Crippen molar-refractivity contribution in [2.75, 3.05) is 6.54 Å². The second-order valence-electron chi connectivity index (χ2n) is 5.68. The van der Waals surface area contributed by atoms with Crippen LogP contribution in [-0.4, -0.2) is 12.6 Å². The largest absolute Gasteiger partial charge is 0.314 e. The molecule has 1 heteroatoms. The Balaban J connectivity index is 2.26. The van der Waals surface area contributed by atoms with Crippen molar-refractivity contribution in [3.63, 3.8) is 0 Å². The van der Waals surface area contributed by atoms with E-state index in [1.807, 2.05) is 0 Å². The van der Waals surface area contributed by atoms with Gasteiger partial charge in [-0.25, -0.2) is 0 Å². The molecule has 0 amide bonds. The summed E-state index contributed by atoms with van der Waals surface area (Å²) in [5.74, 6) is 1.90. The van der Waals surface area contributed by atoms with E-state index in [2.05, 4.69) is 26.1 Å². The first kappa shape index (κ1) is 14.0. The van der Waals surface area contributed by atoms with Crippen LogP contribution in [0.25, 0.3) is 0 Å². The van der Waals surface area contributed by atoms with Gasteiger partial charge >= 0.3 is 0 Å². The third-order valence-electron chi connectivity index (χ3n) is 4.19. The highest BCUT2D eigenvalue weighted by Gasteiger charge is 2.24. The third kappa shape index (κ3) is 4.86. The van der Waals surface area contributed by atoms with Crippen molar-refractivity contribution >= 4 is 0 Å². The molecule has 1 nitrogen and oxygen atoms in total. The second kappa shape index (κ2) is 8.11. The minimum absolute atomic E-state index is 0.812. The molecular formula is C15H31N. The Hall–Kier alpha value is -0.0400. The Bertz CT molecular complexity index is 161. The Morgan fingerprint density at radius 2 is 1.75 bits per heavy atom. The van der Waals surface area contributed by atoms with Crippen LogP contribution in [0.5, 0.6) is 0 Å². The van der Waals surface area contributed by atoms with Gasteiger partial charge in [0, 0.05) is 6.04 Å². The fourth-order valence-corrected chi connectivity index (χ4v) is 3.23. The Morgan fingerprint density at radius 1 is 1.06 bits per heavy atom. The van der Waals surface area contributed by atoms with Crippen LogP contribution in [0.15, 0.2) is 0 Å². The zero-order valence-corrected chi connectivity index (χ0v) is 11.6. The maximum Gasteiger partial charge on any atom is 0.00953 e. The molecule has 0 aromatic heterocycles. The fourth-order valence-electron chi connectivity index (χ4n) is 3.23. The first-order valence-corrected chi connectivity index (χ1v) is 7.51. The molecule has 1 fully saturated rings. The maximum absolute atomic E-state index is 3.72. The molecule has 1 aliphatic carbocycles. The average molecular weight is 225 g/mol. The summed E-state index contributed by atoms with van der Waals surface area (Å²) in [4.78, 5) is 0. The Morgan fingerprint density at radius 3 is 2.31 bits per heavy atom. The lowest BCUT2D eigenvalue weighted by Gasteiger charge is -2.25. The van der Waals surface area contributed by atoms with Gasteiger partial charge in [0.2, 0.25) is 0 Å². The van der Waals surface area contributed by atoms with Crippen molar-refractivity contribution in [2.45, 2.75) is 78.2 Å². The topological polar surface area (TPSA) is 12.0 Å². The molecule has 0 heterocycles. The molecule has 2 unspecified atom stereocenters.